The predicted octanol–water partition coefficient (Wildman–Crippen LogP) is 7.22. The summed E-state index contributed by atoms with van der Waals surface area (Å²) >= 11 is 5.89. The molecule has 1 heterocycles. The molecule has 1 aliphatic rings. The number of carbonyl (C=O) groups is 1. The number of aromatic nitrogens is 1. The normalized spacial score (nSPS) is 18.6. The van der Waals surface area contributed by atoms with Crippen LogP contribution in [0.3, 0.4) is 0 Å². The number of halogens is 1. The lowest BCUT2D eigenvalue weighted by Gasteiger charge is -2.29. The number of carbonyl (C=O) groups excluding carboxylic acids is 1. The molecular weight excluding hydrogens is 380 g/mol. The summed E-state index contributed by atoms with van der Waals surface area (Å²) in [5, 5.41) is 4.92. The lowest BCUT2D eigenvalue weighted by molar-refractivity contribution is -0.117. The van der Waals surface area contributed by atoms with Gasteiger partial charge < -0.3 is 5.32 Å². The Hall–Kier alpha value is -2.39. The van der Waals surface area contributed by atoms with E-state index >= 15 is 0 Å². The quantitative estimate of drug-likeness (QED) is 0.495. The molecule has 2 aromatic carbocycles. The van der Waals surface area contributed by atoms with E-state index < -0.39 is 0 Å². The van der Waals surface area contributed by atoms with Gasteiger partial charge in [-0.05, 0) is 79.5 Å². The van der Waals surface area contributed by atoms with Crippen LogP contribution in [-0.2, 0) is 4.79 Å². The highest BCUT2D eigenvalue weighted by atomic mass is 35.5. The van der Waals surface area contributed by atoms with Crippen molar-refractivity contribution in [1.82, 2.24) is 4.98 Å². The van der Waals surface area contributed by atoms with Gasteiger partial charge in [-0.1, -0.05) is 43.6 Å². The smallest absolute Gasteiger partial charge is 0.224 e. The molecule has 1 N–H and O–H groups in total. The molecule has 0 aliphatic heterocycles. The van der Waals surface area contributed by atoms with Gasteiger partial charge in [-0.3, -0.25) is 9.78 Å². The van der Waals surface area contributed by atoms with E-state index in [0.29, 0.717) is 23.3 Å². The molecule has 1 amide bonds. The van der Waals surface area contributed by atoms with E-state index in [-0.39, 0.29) is 5.91 Å². The lowest BCUT2D eigenvalue weighted by Crippen LogP contribution is -2.20. The van der Waals surface area contributed by atoms with Crippen LogP contribution < -0.4 is 5.32 Å². The molecule has 3 nitrogen and oxygen atoms in total. The van der Waals surface area contributed by atoms with E-state index in [9.17, 15) is 4.79 Å². The maximum atomic E-state index is 12.3. The Kier molecular flexibility index (Phi) is 7.65. The van der Waals surface area contributed by atoms with Gasteiger partial charge >= 0.3 is 0 Å². The number of para-hydroxylation sites is 1. The molecule has 152 valence electrons. The first-order valence-electron chi connectivity index (χ1n) is 10.6. The highest BCUT2D eigenvalue weighted by molar-refractivity contribution is 6.30. The van der Waals surface area contributed by atoms with Crippen LogP contribution in [0.2, 0.25) is 5.02 Å². The van der Waals surface area contributed by atoms with Crippen LogP contribution in [0.5, 0.6) is 0 Å². The van der Waals surface area contributed by atoms with E-state index in [2.05, 4.69) is 34.6 Å². The van der Waals surface area contributed by atoms with E-state index in [1.807, 2.05) is 38.2 Å². The third kappa shape index (κ3) is 5.57. The number of hydrogen-bond donors (Lipinski definition) is 1. The molecule has 29 heavy (non-hydrogen) atoms. The maximum Gasteiger partial charge on any atom is 0.224 e. The van der Waals surface area contributed by atoms with E-state index in [1.54, 1.807) is 12.1 Å². The van der Waals surface area contributed by atoms with Crippen molar-refractivity contribution < 1.29 is 4.79 Å². The number of pyridine rings is 1. The van der Waals surface area contributed by atoms with Crippen molar-refractivity contribution in [2.75, 3.05) is 5.32 Å². The number of benzene rings is 2. The first-order valence-corrected chi connectivity index (χ1v) is 11.0. The number of fused-ring (bicyclic) bond motifs is 1. The molecule has 4 rings (SSSR count). The molecule has 1 fully saturated rings. The Morgan fingerprint density at radius 3 is 2.41 bits per heavy atom. The van der Waals surface area contributed by atoms with Crippen LogP contribution in [0.15, 0.2) is 60.8 Å². The topological polar surface area (TPSA) is 42.0 Å². The molecule has 0 radical (unpaired) electrons. The van der Waals surface area contributed by atoms with Crippen molar-refractivity contribution in [2.45, 2.75) is 51.9 Å². The summed E-state index contributed by atoms with van der Waals surface area (Å²) in [7, 11) is 0. The molecule has 1 aromatic heterocycles. The average Bonchev–Trinajstić information content (AvgIpc) is 2.77. The van der Waals surface area contributed by atoms with Crippen molar-refractivity contribution >= 4 is 34.1 Å². The van der Waals surface area contributed by atoms with Gasteiger partial charge in [-0.15, -0.1) is 0 Å². The fourth-order valence-electron chi connectivity index (χ4n) is 4.16. The van der Waals surface area contributed by atoms with Gasteiger partial charge in [0, 0.05) is 28.7 Å². The summed E-state index contributed by atoms with van der Waals surface area (Å²) in [4.78, 5) is 16.8. The van der Waals surface area contributed by atoms with Crippen molar-refractivity contribution in [3.63, 3.8) is 0 Å². The zero-order valence-electron chi connectivity index (χ0n) is 17.2. The molecule has 4 heteroatoms. The van der Waals surface area contributed by atoms with Gasteiger partial charge in [0.2, 0.25) is 5.91 Å². The Bertz CT molecular complexity index is 926. The number of rotatable bonds is 4. The zero-order chi connectivity index (χ0) is 20.6. The van der Waals surface area contributed by atoms with E-state index in [1.165, 1.54) is 10.9 Å². The highest BCUT2D eigenvalue weighted by Gasteiger charge is 2.25. The van der Waals surface area contributed by atoms with Crippen LogP contribution in [-0.4, -0.2) is 10.9 Å². The van der Waals surface area contributed by atoms with Crippen molar-refractivity contribution in [2.24, 2.45) is 5.92 Å². The average molecular weight is 409 g/mol. The zero-order valence-corrected chi connectivity index (χ0v) is 18.0. The van der Waals surface area contributed by atoms with Crippen LogP contribution in [0.1, 0.15) is 57.4 Å². The second-order valence-electron chi connectivity index (χ2n) is 7.39. The van der Waals surface area contributed by atoms with Gasteiger partial charge in [-0.2, -0.15) is 0 Å². The van der Waals surface area contributed by atoms with E-state index in [4.69, 9.17) is 11.6 Å². The maximum absolute atomic E-state index is 12.3. The number of anilines is 1. The summed E-state index contributed by atoms with van der Waals surface area (Å²) < 4.78 is 0. The van der Waals surface area contributed by atoms with Crippen LogP contribution in [0.25, 0.3) is 10.9 Å². The molecule has 0 spiro atoms. The van der Waals surface area contributed by atoms with Gasteiger partial charge in [0.1, 0.15) is 0 Å². The van der Waals surface area contributed by atoms with Crippen LogP contribution in [0.4, 0.5) is 5.69 Å². The number of nitrogens with one attached hydrogen (secondary N) is 1. The largest absolute Gasteiger partial charge is 0.326 e. The highest BCUT2D eigenvalue weighted by Crippen LogP contribution is 2.39. The summed E-state index contributed by atoms with van der Waals surface area (Å²) in [5.74, 6) is 1.12. The molecule has 1 saturated carbocycles. The van der Waals surface area contributed by atoms with Crippen LogP contribution in [0, 0.1) is 5.92 Å². The summed E-state index contributed by atoms with van der Waals surface area (Å²) in [5.41, 5.74) is 3.28. The molecule has 1 aliphatic carbocycles. The van der Waals surface area contributed by atoms with Gasteiger partial charge in [0.05, 0.1) is 5.52 Å². The number of nitrogens with zero attached hydrogens (tertiary/aromatic N) is 1. The van der Waals surface area contributed by atoms with Crippen LogP contribution >= 0.6 is 11.6 Å². The predicted molar refractivity (Wildman–Crippen MR) is 122 cm³/mol. The Morgan fingerprint density at radius 1 is 1.00 bits per heavy atom. The second kappa shape index (κ2) is 10.4. The second-order valence-corrected chi connectivity index (χ2v) is 7.83. The third-order valence-corrected chi connectivity index (χ3v) is 5.82. The standard InChI is InChI=1S/C23H23ClN2O.C2H6/c24-18-9-11-19(12-10-18)26-23(27)15-16-5-7-17(8-6-16)20-13-14-25-22-4-2-1-3-21(20)22;1-2/h1-4,9-14,16-17H,5-8,15H2,(H,26,27);1-2H3. The monoisotopic (exact) mass is 408 g/mol. The Morgan fingerprint density at radius 2 is 1.69 bits per heavy atom. The minimum Gasteiger partial charge on any atom is -0.326 e. The van der Waals surface area contributed by atoms with Crippen molar-refractivity contribution in [3.8, 4) is 0 Å². The fraction of sp³-hybridized carbons (Fsp3) is 0.360. The van der Waals surface area contributed by atoms with Crippen molar-refractivity contribution in [1.29, 1.82) is 0 Å². The van der Waals surface area contributed by atoms with Gasteiger partial charge in [0.15, 0.2) is 0 Å². The molecule has 0 bridgehead atoms. The number of amides is 1. The third-order valence-electron chi connectivity index (χ3n) is 5.57. The first-order chi connectivity index (χ1) is 14.2. The van der Waals surface area contributed by atoms with Gasteiger partial charge in [0.25, 0.3) is 0 Å². The molecule has 3 aromatic rings. The molecule has 0 saturated heterocycles. The first kappa shape index (κ1) is 21.3. The summed E-state index contributed by atoms with van der Waals surface area (Å²) in [6.07, 6.45) is 6.96. The molecule has 0 atom stereocenters. The lowest BCUT2D eigenvalue weighted by atomic mass is 9.77. The summed E-state index contributed by atoms with van der Waals surface area (Å²) in [6.45, 7) is 4.00. The number of hydrogen-bond acceptors (Lipinski definition) is 2. The summed E-state index contributed by atoms with van der Waals surface area (Å²) in [6, 6.07) is 17.8. The van der Waals surface area contributed by atoms with Crippen molar-refractivity contribution in [3.05, 3.63) is 71.4 Å². The van der Waals surface area contributed by atoms with E-state index in [0.717, 1.165) is 36.9 Å². The molecule has 0 unspecified atom stereocenters. The Labute approximate surface area is 178 Å². The minimum atomic E-state index is 0.0927. The Balaban J connectivity index is 0.00000117. The van der Waals surface area contributed by atoms with Gasteiger partial charge in [-0.25, -0.2) is 0 Å². The SMILES string of the molecule is CC.O=C(CC1CCC(c2ccnc3ccccc23)CC1)Nc1ccc(Cl)cc1. The fourth-order valence-corrected chi connectivity index (χ4v) is 4.28. The molecular formula is C25H29ClN2O. The minimum absolute atomic E-state index is 0.0927.